The number of oxazole rings is 1. The minimum absolute atomic E-state index is 0.133. The molecule has 7 nitrogen and oxygen atoms in total. The van der Waals surface area contributed by atoms with Crippen LogP contribution in [0.3, 0.4) is 0 Å². The quantitative estimate of drug-likeness (QED) is 0.467. The summed E-state index contributed by atoms with van der Waals surface area (Å²) < 4.78 is 15.9. The Bertz CT molecular complexity index is 1140. The number of hydrogen-bond acceptors (Lipinski definition) is 7. The second-order valence-electron chi connectivity index (χ2n) is 6.38. The Morgan fingerprint density at radius 2 is 1.83 bits per heavy atom. The van der Waals surface area contributed by atoms with Crippen molar-refractivity contribution < 1.29 is 18.7 Å². The fourth-order valence-corrected chi connectivity index (χ4v) is 3.75. The lowest BCUT2D eigenvalue weighted by Crippen LogP contribution is -2.14. The topological polar surface area (TPSA) is 86.5 Å². The number of methoxy groups -OCH3 is 2. The van der Waals surface area contributed by atoms with Crippen LogP contribution in [0.5, 0.6) is 11.5 Å². The van der Waals surface area contributed by atoms with Crippen LogP contribution in [-0.2, 0) is 11.2 Å². The van der Waals surface area contributed by atoms with E-state index in [1.807, 2.05) is 47.8 Å². The summed E-state index contributed by atoms with van der Waals surface area (Å²) >= 11 is 1.48. The second-order valence-corrected chi connectivity index (χ2v) is 7.24. The van der Waals surface area contributed by atoms with Gasteiger partial charge in [-0.2, -0.15) is 0 Å². The van der Waals surface area contributed by atoms with Crippen molar-refractivity contribution in [3.8, 4) is 33.4 Å². The smallest absolute Gasteiger partial charge is 0.230 e. The van der Waals surface area contributed by atoms with Gasteiger partial charge >= 0.3 is 0 Å². The molecule has 0 atom stereocenters. The Morgan fingerprint density at radius 3 is 2.53 bits per heavy atom. The number of amides is 1. The highest BCUT2D eigenvalue weighted by Gasteiger charge is 2.12. The van der Waals surface area contributed by atoms with E-state index in [9.17, 15) is 4.79 Å². The molecule has 0 radical (unpaired) electrons. The summed E-state index contributed by atoms with van der Waals surface area (Å²) in [6.07, 6.45) is 3.22. The predicted octanol–water partition coefficient (Wildman–Crippen LogP) is 4.66. The van der Waals surface area contributed by atoms with Gasteiger partial charge in [-0.25, -0.2) is 9.97 Å². The van der Waals surface area contributed by atoms with E-state index in [1.54, 1.807) is 20.4 Å². The van der Waals surface area contributed by atoms with E-state index >= 15 is 0 Å². The van der Waals surface area contributed by atoms with Gasteiger partial charge in [-0.05, 0) is 42.5 Å². The first kappa shape index (κ1) is 19.7. The molecule has 4 aromatic rings. The average molecular weight is 421 g/mol. The number of carbonyl (C=O) groups excluding carboxylic acids is 1. The largest absolute Gasteiger partial charge is 0.493 e. The van der Waals surface area contributed by atoms with E-state index in [0.717, 1.165) is 16.1 Å². The molecule has 0 saturated heterocycles. The van der Waals surface area contributed by atoms with E-state index in [-0.39, 0.29) is 12.3 Å². The van der Waals surface area contributed by atoms with Gasteiger partial charge in [-0.3, -0.25) is 4.79 Å². The van der Waals surface area contributed by atoms with Gasteiger partial charge in [0.2, 0.25) is 5.91 Å². The molecule has 0 aliphatic carbocycles. The molecule has 4 rings (SSSR count). The molecule has 1 N–H and O–H groups in total. The number of nitrogens with one attached hydrogen (secondary N) is 1. The Morgan fingerprint density at radius 1 is 1.07 bits per heavy atom. The van der Waals surface area contributed by atoms with Gasteiger partial charge in [0.1, 0.15) is 5.01 Å². The van der Waals surface area contributed by atoms with E-state index < -0.39 is 0 Å². The van der Waals surface area contributed by atoms with Crippen molar-refractivity contribution in [3.63, 3.8) is 0 Å². The molecule has 2 heterocycles. The molecule has 0 fully saturated rings. The third-order valence-electron chi connectivity index (χ3n) is 4.41. The maximum Gasteiger partial charge on any atom is 0.230 e. The molecule has 0 aliphatic rings. The van der Waals surface area contributed by atoms with Crippen LogP contribution in [-0.4, -0.2) is 30.1 Å². The van der Waals surface area contributed by atoms with E-state index in [1.165, 1.54) is 17.7 Å². The molecule has 0 saturated carbocycles. The Labute approximate surface area is 177 Å². The molecule has 0 aliphatic heterocycles. The highest BCUT2D eigenvalue weighted by molar-refractivity contribution is 7.13. The lowest BCUT2D eigenvalue weighted by molar-refractivity contribution is -0.115. The van der Waals surface area contributed by atoms with Crippen molar-refractivity contribution in [2.45, 2.75) is 6.42 Å². The minimum atomic E-state index is -0.133. The first-order valence-corrected chi connectivity index (χ1v) is 10.00. The van der Waals surface area contributed by atoms with Crippen LogP contribution in [0, 0.1) is 0 Å². The monoisotopic (exact) mass is 421 g/mol. The standard InChI is InChI=1S/C22H19N3O4S/c1-27-18-8-5-15(9-19(18)28-2)22-25-17(12-30-22)10-21(26)24-16-6-3-14(4-7-16)20-11-23-13-29-20/h3-9,11-13H,10H2,1-2H3,(H,24,26). The number of thiazole rings is 1. The number of ether oxygens (including phenoxy) is 2. The SMILES string of the molecule is COc1ccc(-c2nc(CC(=O)Nc3ccc(-c4cnco4)cc3)cs2)cc1OC. The number of aromatic nitrogens is 2. The van der Waals surface area contributed by atoms with Crippen molar-refractivity contribution in [1.82, 2.24) is 9.97 Å². The molecule has 152 valence electrons. The lowest BCUT2D eigenvalue weighted by Gasteiger charge is -2.08. The summed E-state index contributed by atoms with van der Waals surface area (Å²) in [5.74, 6) is 1.84. The first-order valence-electron chi connectivity index (χ1n) is 9.12. The molecule has 8 heteroatoms. The van der Waals surface area contributed by atoms with Gasteiger partial charge in [0.25, 0.3) is 0 Å². The van der Waals surface area contributed by atoms with Crippen LogP contribution >= 0.6 is 11.3 Å². The normalized spacial score (nSPS) is 10.6. The first-order chi connectivity index (χ1) is 14.7. The van der Waals surface area contributed by atoms with Gasteiger partial charge < -0.3 is 19.2 Å². The van der Waals surface area contributed by atoms with Gasteiger partial charge in [0.15, 0.2) is 23.7 Å². The lowest BCUT2D eigenvalue weighted by atomic mass is 10.1. The summed E-state index contributed by atoms with van der Waals surface area (Å²) in [6.45, 7) is 0. The molecule has 2 aromatic carbocycles. The van der Waals surface area contributed by atoms with Crippen LogP contribution < -0.4 is 14.8 Å². The summed E-state index contributed by atoms with van der Waals surface area (Å²) in [5.41, 5.74) is 3.22. The number of anilines is 1. The highest BCUT2D eigenvalue weighted by atomic mass is 32.1. The van der Waals surface area contributed by atoms with Crippen LogP contribution in [0.1, 0.15) is 5.69 Å². The Kier molecular flexibility index (Phi) is 5.76. The summed E-state index contributed by atoms with van der Waals surface area (Å²) in [6, 6.07) is 13.0. The molecular weight excluding hydrogens is 402 g/mol. The number of rotatable bonds is 7. The molecular formula is C22H19N3O4S. The maximum absolute atomic E-state index is 12.4. The van der Waals surface area contributed by atoms with E-state index in [4.69, 9.17) is 13.9 Å². The van der Waals surface area contributed by atoms with Crippen molar-refractivity contribution >= 4 is 22.9 Å². The zero-order chi connectivity index (χ0) is 20.9. The third kappa shape index (κ3) is 4.33. The fourth-order valence-electron chi connectivity index (χ4n) is 2.94. The summed E-state index contributed by atoms with van der Waals surface area (Å²) in [5, 5.41) is 5.59. The van der Waals surface area contributed by atoms with Crippen molar-refractivity contribution in [3.05, 3.63) is 66.1 Å². The minimum Gasteiger partial charge on any atom is -0.493 e. The zero-order valence-corrected chi connectivity index (χ0v) is 17.2. The third-order valence-corrected chi connectivity index (χ3v) is 5.35. The van der Waals surface area contributed by atoms with E-state index in [0.29, 0.717) is 28.6 Å². The van der Waals surface area contributed by atoms with E-state index in [2.05, 4.69) is 15.3 Å². The Balaban J connectivity index is 1.40. The number of hydrogen-bond donors (Lipinski definition) is 1. The van der Waals surface area contributed by atoms with Crippen molar-refractivity contribution in [2.75, 3.05) is 19.5 Å². The molecule has 30 heavy (non-hydrogen) atoms. The van der Waals surface area contributed by atoms with Gasteiger partial charge in [-0.1, -0.05) is 0 Å². The van der Waals surface area contributed by atoms with Crippen LogP contribution in [0.25, 0.3) is 21.9 Å². The van der Waals surface area contributed by atoms with Crippen LogP contribution in [0.4, 0.5) is 5.69 Å². The maximum atomic E-state index is 12.4. The predicted molar refractivity (Wildman–Crippen MR) is 115 cm³/mol. The molecule has 0 unspecified atom stereocenters. The number of benzene rings is 2. The van der Waals surface area contributed by atoms with Crippen LogP contribution in [0.2, 0.25) is 0 Å². The highest BCUT2D eigenvalue weighted by Crippen LogP contribution is 2.33. The summed E-state index contributed by atoms with van der Waals surface area (Å²) in [7, 11) is 3.19. The average Bonchev–Trinajstić information content (AvgIpc) is 3.46. The summed E-state index contributed by atoms with van der Waals surface area (Å²) in [4.78, 5) is 20.9. The van der Waals surface area contributed by atoms with Crippen molar-refractivity contribution in [1.29, 1.82) is 0 Å². The van der Waals surface area contributed by atoms with Gasteiger partial charge in [-0.15, -0.1) is 11.3 Å². The molecule has 1 amide bonds. The van der Waals surface area contributed by atoms with Gasteiger partial charge in [0, 0.05) is 22.2 Å². The van der Waals surface area contributed by atoms with Crippen LogP contribution in [0.15, 0.2) is 64.9 Å². The molecule has 0 spiro atoms. The zero-order valence-electron chi connectivity index (χ0n) is 16.4. The number of nitrogens with zero attached hydrogens (tertiary/aromatic N) is 2. The number of carbonyl (C=O) groups is 1. The molecule has 2 aromatic heterocycles. The molecule has 0 bridgehead atoms. The second kappa shape index (κ2) is 8.79. The van der Waals surface area contributed by atoms with Crippen molar-refractivity contribution in [2.24, 2.45) is 0 Å². The fraction of sp³-hybridized carbons (Fsp3) is 0.136. The van der Waals surface area contributed by atoms with Gasteiger partial charge in [0.05, 0.1) is 32.5 Å². The Hall–Kier alpha value is -3.65.